The molecule has 1 N–H and O–H groups in total. The average Bonchev–Trinajstić information content (AvgIpc) is 3.65. The molecule has 1 aromatic carbocycles. The first-order valence-corrected chi connectivity index (χ1v) is 15.4. The highest BCUT2D eigenvalue weighted by Gasteiger charge is 2.32. The predicted molar refractivity (Wildman–Crippen MR) is 165 cm³/mol. The van der Waals surface area contributed by atoms with Crippen LogP contribution in [0.25, 0.3) is 32.2 Å². The SMILES string of the molecule is CCc1c(-c2ncc(F)c3sc(NC(=O)OC(C)(C)C)c(C#N)c23)c2c(c3cnc(N4CC[C@H](P)C4C)nc13)COC2. The summed E-state index contributed by atoms with van der Waals surface area (Å²) >= 11 is 0.993. The Morgan fingerprint density at radius 1 is 1.31 bits per heavy atom. The second-order valence-corrected chi connectivity index (χ2v) is 13.6. The number of carbonyl (C=O) groups is 1. The fourth-order valence-electron chi connectivity index (χ4n) is 5.88. The maximum absolute atomic E-state index is 15.3. The maximum atomic E-state index is 15.3. The average molecular weight is 607 g/mol. The van der Waals surface area contributed by atoms with Gasteiger partial charge in [0.05, 0.1) is 40.9 Å². The highest BCUT2D eigenvalue weighted by atomic mass is 32.1. The number of ether oxygens (including phenoxy) is 2. The molecule has 0 radical (unpaired) electrons. The number of aryl methyl sites for hydroxylation is 1. The Bertz CT molecular complexity index is 1800. The quantitative estimate of drug-likeness (QED) is 0.256. The number of thiophene rings is 1. The van der Waals surface area contributed by atoms with Gasteiger partial charge in [0.15, 0.2) is 5.82 Å². The lowest BCUT2D eigenvalue weighted by atomic mass is 9.88. The Morgan fingerprint density at radius 3 is 2.74 bits per heavy atom. The van der Waals surface area contributed by atoms with Gasteiger partial charge in [0.2, 0.25) is 5.95 Å². The van der Waals surface area contributed by atoms with E-state index in [2.05, 4.69) is 44.4 Å². The first-order valence-electron chi connectivity index (χ1n) is 14.0. The normalized spacial score (nSPS) is 18.5. The van der Waals surface area contributed by atoms with E-state index in [9.17, 15) is 10.1 Å². The topological polar surface area (TPSA) is 113 Å². The van der Waals surface area contributed by atoms with Crippen molar-refractivity contribution in [1.82, 2.24) is 15.0 Å². The van der Waals surface area contributed by atoms with Crippen molar-refractivity contribution in [3.05, 3.63) is 40.5 Å². The second-order valence-electron chi connectivity index (χ2n) is 11.7. The molecule has 218 valence electrons. The Morgan fingerprint density at radius 2 is 2.07 bits per heavy atom. The molecule has 1 fully saturated rings. The van der Waals surface area contributed by atoms with E-state index in [-0.39, 0.29) is 21.3 Å². The van der Waals surface area contributed by atoms with Gasteiger partial charge in [-0.2, -0.15) is 5.26 Å². The molecule has 3 atom stereocenters. The van der Waals surface area contributed by atoms with Gasteiger partial charge in [-0.1, -0.05) is 6.92 Å². The van der Waals surface area contributed by atoms with Crippen molar-refractivity contribution >= 4 is 58.6 Å². The summed E-state index contributed by atoms with van der Waals surface area (Å²) in [6, 6.07) is 2.47. The van der Waals surface area contributed by atoms with Crippen molar-refractivity contribution in [3.8, 4) is 17.3 Å². The standard InChI is InChI=1S/C30H32FN6O3PS/c1-6-15-22(19-13-39-12-18(19)17-10-34-28(35-24(15)17)37-8-7-21(41)14(37)2)25-23-16(9-32)27(36-29(38)40-30(3,4)5)42-26(23)20(31)11-33-25/h10-11,14,21H,6-8,12-13,41H2,1-5H3,(H,36,38)/t14?,21-/m0/s1. The third-order valence-electron chi connectivity index (χ3n) is 7.90. The van der Waals surface area contributed by atoms with Crippen molar-refractivity contribution in [2.75, 3.05) is 16.8 Å². The molecule has 1 saturated heterocycles. The van der Waals surface area contributed by atoms with Gasteiger partial charge in [-0.25, -0.2) is 19.2 Å². The van der Waals surface area contributed by atoms with E-state index in [1.54, 1.807) is 20.8 Å². The third-order valence-corrected chi connectivity index (χ3v) is 9.91. The van der Waals surface area contributed by atoms with Gasteiger partial charge in [0.25, 0.3) is 0 Å². The van der Waals surface area contributed by atoms with Gasteiger partial charge in [0, 0.05) is 35.1 Å². The number of amides is 1. The summed E-state index contributed by atoms with van der Waals surface area (Å²) in [5, 5.41) is 14.4. The number of hydrogen-bond donors (Lipinski definition) is 1. The highest BCUT2D eigenvalue weighted by Crippen LogP contribution is 2.46. The van der Waals surface area contributed by atoms with E-state index in [4.69, 9.17) is 19.4 Å². The number of nitrogens with zero attached hydrogens (tertiary/aromatic N) is 5. The number of aromatic nitrogens is 3. The van der Waals surface area contributed by atoms with Crippen molar-refractivity contribution in [1.29, 1.82) is 5.26 Å². The molecule has 2 aliphatic rings. The minimum atomic E-state index is -0.738. The summed E-state index contributed by atoms with van der Waals surface area (Å²) in [7, 11) is 2.92. The molecule has 0 saturated carbocycles. The van der Waals surface area contributed by atoms with Crippen LogP contribution in [0.2, 0.25) is 0 Å². The van der Waals surface area contributed by atoms with E-state index < -0.39 is 17.5 Å². The molecule has 12 heteroatoms. The van der Waals surface area contributed by atoms with Crippen molar-refractivity contribution < 1.29 is 18.7 Å². The number of halogens is 1. The molecule has 9 nitrogen and oxygen atoms in total. The molecule has 1 amide bonds. The van der Waals surface area contributed by atoms with Gasteiger partial charge in [-0.3, -0.25) is 10.3 Å². The van der Waals surface area contributed by atoms with Crippen LogP contribution in [0.1, 0.15) is 63.3 Å². The van der Waals surface area contributed by atoms with Crippen LogP contribution in [-0.2, 0) is 29.1 Å². The molecule has 0 aliphatic carbocycles. The van der Waals surface area contributed by atoms with Crippen molar-refractivity contribution in [3.63, 3.8) is 0 Å². The van der Waals surface area contributed by atoms with Crippen molar-refractivity contribution in [2.24, 2.45) is 0 Å². The Kier molecular flexibility index (Phi) is 7.28. The van der Waals surface area contributed by atoms with Gasteiger partial charge in [-0.05, 0) is 62.9 Å². The number of anilines is 2. The molecule has 42 heavy (non-hydrogen) atoms. The first-order chi connectivity index (χ1) is 20.0. The van der Waals surface area contributed by atoms with Crippen LogP contribution in [0.3, 0.4) is 0 Å². The van der Waals surface area contributed by atoms with Crippen LogP contribution in [-0.4, -0.2) is 44.9 Å². The lowest BCUT2D eigenvalue weighted by Gasteiger charge is -2.24. The lowest BCUT2D eigenvalue weighted by Crippen LogP contribution is -2.31. The number of benzene rings is 1. The zero-order chi connectivity index (χ0) is 29.9. The second kappa shape index (κ2) is 10.7. The summed E-state index contributed by atoms with van der Waals surface area (Å²) < 4.78 is 26.8. The van der Waals surface area contributed by atoms with Crippen LogP contribution in [0.15, 0.2) is 12.4 Å². The predicted octanol–water partition coefficient (Wildman–Crippen LogP) is 6.70. The van der Waals surface area contributed by atoms with Crippen LogP contribution < -0.4 is 10.2 Å². The number of nitrogens with one attached hydrogen (secondary N) is 1. The van der Waals surface area contributed by atoms with Gasteiger partial charge >= 0.3 is 6.09 Å². The summed E-state index contributed by atoms with van der Waals surface area (Å²) in [4.78, 5) is 29.3. The molecule has 5 heterocycles. The van der Waals surface area contributed by atoms with Gasteiger partial charge in [0.1, 0.15) is 16.7 Å². The molecular weight excluding hydrogens is 574 g/mol. The number of fused-ring (bicyclic) bond motifs is 4. The summed E-state index contributed by atoms with van der Waals surface area (Å²) in [5.41, 5.74) is 4.78. The first kappa shape index (κ1) is 28.7. The Labute approximate surface area is 249 Å². The number of pyridine rings is 1. The molecule has 0 spiro atoms. The number of hydrogen-bond acceptors (Lipinski definition) is 9. The Hall–Kier alpha value is -3.45. The minimum Gasteiger partial charge on any atom is -0.444 e. The van der Waals surface area contributed by atoms with E-state index >= 15 is 4.39 Å². The zero-order valence-electron chi connectivity index (χ0n) is 24.2. The van der Waals surface area contributed by atoms with Crippen LogP contribution in [0, 0.1) is 17.1 Å². The molecule has 2 unspecified atom stereocenters. The number of rotatable bonds is 4. The number of nitriles is 1. The summed E-state index contributed by atoms with van der Waals surface area (Å²) in [6.45, 7) is 11.1. The maximum Gasteiger partial charge on any atom is 0.412 e. The molecule has 0 bridgehead atoms. The van der Waals surface area contributed by atoms with Crippen LogP contribution >= 0.6 is 20.6 Å². The molecule has 3 aromatic heterocycles. The third kappa shape index (κ3) is 4.76. The lowest BCUT2D eigenvalue weighted by molar-refractivity contribution is 0.0636. The summed E-state index contributed by atoms with van der Waals surface area (Å²) in [5.74, 6) is 0.104. The molecule has 4 aromatic rings. The van der Waals surface area contributed by atoms with E-state index in [0.717, 1.165) is 57.5 Å². The molecule has 2 aliphatic heterocycles. The smallest absolute Gasteiger partial charge is 0.412 e. The monoisotopic (exact) mass is 606 g/mol. The zero-order valence-corrected chi connectivity index (χ0v) is 26.1. The van der Waals surface area contributed by atoms with Crippen LogP contribution in [0.5, 0.6) is 0 Å². The van der Waals surface area contributed by atoms with Gasteiger partial charge < -0.3 is 14.4 Å². The van der Waals surface area contributed by atoms with E-state index in [1.807, 2.05) is 6.20 Å². The molecular formula is C30H32FN6O3PS. The minimum absolute atomic E-state index is 0.137. The van der Waals surface area contributed by atoms with E-state index in [0.29, 0.717) is 42.3 Å². The summed E-state index contributed by atoms with van der Waals surface area (Å²) in [6.07, 6.45) is 4.01. The van der Waals surface area contributed by atoms with Crippen molar-refractivity contribution in [2.45, 2.75) is 78.0 Å². The van der Waals surface area contributed by atoms with Crippen LogP contribution in [0.4, 0.5) is 20.1 Å². The largest absolute Gasteiger partial charge is 0.444 e. The van der Waals surface area contributed by atoms with E-state index in [1.165, 1.54) is 6.20 Å². The fourth-order valence-corrected chi connectivity index (χ4v) is 7.28. The Balaban J connectivity index is 1.59. The number of carbonyl (C=O) groups excluding carboxylic acids is 1. The fraction of sp³-hybridized carbons (Fsp3) is 0.433. The highest BCUT2D eigenvalue weighted by molar-refractivity contribution is 7.23. The molecule has 6 rings (SSSR count). The van der Waals surface area contributed by atoms with Gasteiger partial charge in [-0.15, -0.1) is 20.6 Å².